The van der Waals surface area contributed by atoms with Crippen molar-refractivity contribution in [2.75, 3.05) is 23.7 Å². The molecule has 4 rings (SSSR count). The van der Waals surface area contributed by atoms with Crippen molar-refractivity contribution in [2.24, 2.45) is 0 Å². The Bertz CT molecular complexity index is 1050. The minimum Gasteiger partial charge on any atom is -0.356 e. The highest BCUT2D eigenvalue weighted by Crippen LogP contribution is 2.34. The van der Waals surface area contributed by atoms with Crippen molar-refractivity contribution in [1.29, 1.82) is 0 Å². The fraction of sp³-hybridized carbons (Fsp3) is 0.318. The number of nitrogens with zero attached hydrogens (tertiary/aromatic N) is 2. The molecule has 2 aromatic carbocycles. The van der Waals surface area contributed by atoms with Crippen LogP contribution in [0.25, 0.3) is 10.2 Å². The number of aryl methyl sites for hydroxylation is 1. The van der Waals surface area contributed by atoms with Gasteiger partial charge in [0.1, 0.15) is 0 Å². The van der Waals surface area contributed by atoms with Gasteiger partial charge in [0.15, 0.2) is 0 Å². The van der Waals surface area contributed by atoms with Crippen LogP contribution >= 0.6 is 23.1 Å². The van der Waals surface area contributed by atoms with Gasteiger partial charge in [-0.2, -0.15) is 0 Å². The van der Waals surface area contributed by atoms with Gasteiger partial charge in [-0.05, 0) is 36.8 Å². The highest BCUT2D eigenvalue weighted by molar-refractivity contribution is 7.99. The summed E-state index contributed by atoms with van der Waals surface area (Å²) in [5.74, 6) is 0.806. The number of anilines is 1. The number of aromatic nitrogens is 1. The maximum absolute atomic E-state index is 12.6. The average Bonchev–Trinajstić information content (AvgIpc) is 3.13. The van der Waals surface area contributed by atoms with Gasteiger partial charge in [0, 0.05) is 43.0 Å². The van der Waals surface area contributed by atoms with E-state index in [0.717, 1.165) is 26.9 Å². The number of thioether (sulfide) groups is 1. The summed E-state index contributed by atoms with van der Waals surface area (Å²) in [5.41, 5.74) is 3.17. The van der Waals surface area contributed by atoms with Crippen LogP contribution in [0.2, 0.25) is 0 Å². The third-order valence-corrected chi connectivity index (χ3v) is 6.98. The van der Waals surface area contributed by atoms with Crippen LogP contribution in [-0.2, 0) is 16.0 Å². The van der Waals surface area contributed by atoms with E-state index in [1.165, 1.54) is 10.3 Å². The Kier molecular flexibility index (Phi) is 6.16. The monoisotopic (exact) mass is 425 g/mol. The second-order valence-corrected chi connectivity index (χ2v) is 9.29. The van der Waals surface area contributed by atoms with Crippen molar-refractivity contribution in [2.45, 2.75) is 31.1 Å². The van der Waals surface area contributed by atoms with E-state index in [4.69, 9.17) is 0 Å². The number of carbonyl (C=O) groups excluding carboxylic acids is 2. The fourth-order valence-electron chi connectivity index (χ4n) is 3.37. The molecular weight excluding hydrogens is 402 g/mol. The number of fused-ring (bicyclic) bond motifs is 2. The normalized spacial score (nSPS) is 13.3. The summed E-state index contributed by atoms with van der Waals surface area (Å²) < 4.78 is 1.17. The van der Waals surface area contributed by atoms with Crippen molar-refractivity contribution in [3.8, 4) is 0 Å². The zero-order chi connectivity index (χ0) is 20.2. The van der Waals surface area contributed by atoms with Crippen LogP contribution in [0.4, 0.5) is 5.69 Å². The summed E-state index contributed by atoms with van der Waals surface area (Å²) in [5, 5.41) is 3.94. The molecule has 0 saturated heterocycles. The molecule has 5 nitrogen and oxygen atoms in total. The van der Waals surface area contributed by atoms with Crippen molar-refractivity contribution >= 4 is 50.8 Å². The Labute approximate surface area is 178 Å². The predicted molar refractivity (Wildman–Crippen MR) is 120 cm³/mol. The number of para-hydroxylation sites is 1. The van der Waals surface area contributed by atoms with E-state index >= 15 is 0 Å². The molecule has 1 aliphatic heterocycles. The first-order valence-corrected chi connectivity index (χ1v) is 11.6. The van der Waals surface area contributed by atoms with Gasteiger partial charge in [0.05, 0.1) is 20.9 Å². The SMILES string of the molecule is Cc1ccc2sc(CCNC(=O)CCC(=O)N3CCSc4ccccc43)nc2c1. The average molecular weight is 426 g/mol. The lowest BCUT2D eigenvalue weighted by molar-refractivity contribution is -0.125. The van der Waals surface area contributed by atoms with Gasteiger partial charge in [0.25, 0.3) is 0 Å². The molecule has 0 bridgehead atoms. The number of rotatable bonds is 6. The summed E-state index contributed by atoms with van der Waals surface area (Å²) in [7, 11) is 0. The Morgan fingerprint density at radius 3 is 2.93 bits per heavy atom. The van der Waals surface area contributed by atoms with Crippen LogP contribution in [0.3, 0.4) is 0 Å². The zero-order valence-electron chi connectivity index (χ0n) is 16.3. The molecule has 1 aliphatic rings. The number of thiazole rings is 1. The topological polar surface area (TPSA) is 62.3 Å². The minimum absolute atomic E-state index is 0.00874. The number of amides is 2. The lowest BCUT2D eigenvalue weighted by Gasteiger charge is -2.29. The fourth-order valence-corrected chi connectivity index (χ4v) is 5.32. The smallest absolute Gasteiger partial charge is 0.227 e. The molecule has 2 heterocycles. The van der Waals surface area contributed by atoms with E-state index in [1.54, 1.807) is 23.1 Å². The van der Waals surface area contributed by atoms with Crippen molar-refractivity contribution in [3.05, 3.63) is 53.0 Å². The molecule has 7 heteroatoms. The molecule has 2 amide bonds. The molecule has 29 heavy (non-hydrogen) atoms. The van der Waals surface area contributed by atoms with Crippen LogP contribution < -0.4 is 10.2 Å². The molecule has 1 aromatic heterocycles. The van der Waals surface area contributed by atoms with E-state index in [0.29, 0.717) is 19.5 Å². The maximum atomic E-state index is 12.6. The van der Waals surface area contributed by atoms with Crippen LogP contribution in [0.15, 0.2) is 47.4 Å². The van der Waals surface area contributed by atoms with Gasteiger partial charge in [-0.3, -0.25) is 9.59 Å². The van der Waals surface area contributed by atoms with Crippen molar-refractivity contribution in [3.63, 3.8) is 0 Å². The Morgan fingerprint density at radius 2 is 2.03 bits per heavy atom. The van der Waals surface area contributed by atoms with Gasteiger partial charge in [-0.25, -0.2) is 4.98 Å². The van der Waals surface area contributed by atoms with Crippen molar-refractivity contribution in [1.82, 2.24) is 10.3 Å². The minimum atomic E-state index is -0.0880. The first-order chi connectivity index (χ1) is 14.1. The second-order valence-electron chi connectivity index (χ2n) is 7.04. The quantitative estimate of drug-likeness (QED) is 0.643. The molecule has 150 valence electrons. The third kappa shape index (κ3) is 4.79. The lowest BCUT2D eigenvalue weighted by atomic mass is 10.2. The molecule has 0 atom stereocenters. The highest BCUT2D eigenvalue weighted by atomic mass is 32.2. The third-order valence-electron chi connectivity index (χ3n) is 4.84. The number of carbonyl (C=O) groups is 2. The van der Waals surface area contributed by atoms with Gasteiger partial charge >= 0.3 is 0 Å². The zero-order valence-corrected chi connectivity index (χ0v) is 17.9. The highest BCUT2D eigenvalue weighted by Gasteiger charge is 2.22. The number of hydrogen-bond donors (Lipinski definition) is 1. The standard InChI is InChI=1S/C22H23N3O2S2/c1-15-6-7-18-16(14-15)24-21(29-18)10-11-23-20(26)8-9-22(27)25-12-13-28-19-5-3-2-4-17(19)25/h2-7,14H,8-13H2,1H3,(H,23,26). The molecule has 3 aromatic rings. The Morgan fingerprint density at radius 1 is 1.17 bits per heavy atom. The van der Waals surface area contributed by atoms with Crippen molar-refractivity contribution < 1.29 is 9.59 Å². The summed E-state index contributed by atoms with van der Waals surface area (Å²) in [4.78, 5) is 32.4. The van der Waals surface area contributed by atoms with Crippen LogP contribution in [0.1, 0.15) is 23.4 Å². The van der Waals surface area contributed by atoms with Gasteiger partial charge in [-0.1, -0.05) is 18.2 Å². The summed E-state index contributed by atoms with van der Waals surface area (Å²) in [6.07, 6.45) is 1.14. The Hall–Kier alpha value is -2.38. The summed E-state index contributed by atoms with van der Waals surface area (Å²) >= 11 is 3.43. The molecule has 0 unspecified atom stereocenters. The molecule has 0 radical (unpaired) electrons. The number of benzene rings is 2. The molecule has 0 fully saturated rings. The first kappa shape index (κ1) is 19.9. The summed E-state index contributed by atoms with van der Waals surface area (Å²) in [6.45, 7) is 3.29. The molecule has 1 N–H and O–H groups in total. The first-order valence-electron chi connectivity index (χ1n) is 9.75. The second kappa shape index (κ2) is 8.97. The van der Waals surface area contributed by atoms with E-state index < -0.39 is 0 Å². The van der Waals surface area contributed by atoms with Crippen LogP contribution in [-0.4, -0.2) is 35.6 Å². The van der Waals surface area contributed by atoms with E-state index in [-0.39, 0.29) is 24.7 Å². The number of nitrogens with one attached hydrogen (secondary N) is 1. The van der Waals surface area contributed by atoms with E-state index in [1.807, 2.05) is 29.2 Å². The molecule has 0 aliphatic carbocycles. The molecule has 0 spiro atoms. The number of hydrogen-bond acceptors (Lipinski definition) is 5. The van der Waals surface area contributed by atoms with E-state index in [2.05, 4.69) is 35.4 Å². The summed E-state index contributed by atoms with van der Waals surface area (Å²) in [6, 6.07) is 14.2. The van der Waals surface area contributed by atoms with Crippen LogP contribution in [0, 0.1) is 6.92 Å². The maximum Gasteiger partial charge on any atom is 0.227 e. The molecular formula is C22H23N3O2S2. The van der Waals surface area contributed by atoms with Gasteiger partial charge in [0.2, 0.25) is 11.8 Å². The van der Waals surface area contributed by atoms with E-state index in [9.17, 15) is 9.59 Å². The largest absolute Gasteiger partial charge is 0.356 e. The van der Waals surface area contributed by atoms with Gasteiger partial charge < -0.3 is 10.2 Å². The van der Waals surface area contributed by atoms with Gasteiger partial charge in [-0.15, -0.1) is 23.1 Å². The Balaban J connectivity index is 1.24. The lowest BCUT2D eigenvalue weighted by Crippen LogP contribution is -2.36. The van der Waals surface area contributed by atoms with Crippen LogP contribution in [0.5, 0.6) is 0 Å². The molecule has 0 saturated carbocycles. The predicted octanol–water partition coefficient (Wildman–Crippen LogP) is 4.18.